The highest BCUT2D eigenvalue weighted by molar-refractivity contribution is 7.99. The molecule has 0 heterocycles. The quantitative estimate of drug-likeness (QED) is 0.754. The molecular formula is C12H19NS. The Morgan fingerprint density at radius 2 is 1.93 bits per heavy atom. The predicted molar refractivity (Wildman–Crippen MR) is 65.7 cm³/mol. The molecule has 1 unspecified atom stereocenters. The monoisotopic (exact) mass is 209 g/mol. The summed E-state index contributed by atoms with van der Waals surface area (Å²) < 4.78 is 0. The molecule has 0 radical (unpaired) electrons. The van der Waals surface area contributed by atoms with Crippen LogP contribution in [0.5, 0.6) is 0 Å². The van der Waals surface area contributed by atoms with E-state index >= 15 is 0 Å². The normalized spacial score (nSPS) is 12.8. The van der Waals surface area contributed by atoms with Crippen molar-refractivity contribution in [2.45, 2.75) is 26.3 Å². The number of benzene rings is 1. The van der Waals surface area contributed by atoms with E-state index in [0.717, 1.165) is 5.75 Å². The van der Waals surface area contributed by atoms with E-state index < -0.39 is 0 Å². The third kappa shape index (κ3) is 3.72. The molecule has 0 amide bonds. The topological polar surface area (TPSA) is 26.0 Å². The largest absolute Gasteiger partial charge is 0.323 e. The van der Waals surface area contributed by atoms with Gasteiger partial charge in [0.2, 0.25) is 0 Å². The average Bonchev–Trinajstić information content (AvgIpc) is 2.19. The van der Waals surface area contributed by atoms with E-state index in [-0.39, 0.29) is 6.04 Å². The molecule has 0 fully saturated rings. The second kappa shape index (κ2) is 6.10. The summed E-state index contributed by atoms with van der Waals surface area (Å²) in [5, 5.41) is 0. The van der Waals surface area contributed by atoms with Crippen molar-refractivity contribution in [1.82, 2.24) is 0 Å². The number of hydrogen-bond donors (Lipinski definition) is 1. The number of aryl methyl sites for hydroxylation is 1. The second-order valence-electron chi connectivity index (χ2n) is 3.59. The molecule has 78 valence electrons. The summed E-state index contributed by atoms with van der Waals surface area (Å²) in [6, 6.07) is 8.70. The molecule has 0 saturated heterocycles. The Morgan fingerprint density at radius 3 is 2.50 bits per heavy atom. The number of nitrogens with two attached hydrogens (primary N) is 1. The first-order chi connectivity index (χ1) is 6.74. The number of hydrogen-bond acceptors (Lipinski definition) is 2. The fourth-order valence-electron chi connectivity index (χ4n) is 1.26. The van der Waals surface area contributed by atoms with Gasteiger partial charge in [0.15, 0.2) is 0 Å². The molecule has 0 aromatic heterocycles. The first-order valence-corrected chi connectivity index (χ1v) is 6.29. The molecule has 0 aliphatic carbocycles. The maximum atomic E-state index is 6.07. The molecule has 2 N–H and O–H groups in total. The molecule has 0 bridgehead atoms. The minimum Gasteiger partial charge on any atom is -0.323 e. The third-order valence-electron chi connectivity index (χ3n) is 2.15. The van der Waals surface area contributed by atoms with Gasteiger partial charge in [0, 0.05) is 11.8 Å². The Balaban J connectivity index is 2.43. The van der Waals surface area contributed by atoms with Crippen LogP contribution in [0.3, 0.4) is 0 Å². The van der Waals surface area contributed by atoms with Gasteiger partial charge in [-0.3, -0.25) is 0 Å². The minimum atomic E-state index is 0.187. The molecule has 14 heavy (non-hydrogen) atoms. The summed E-state index contributed by atoms with van der Waals surface area (Å²) >= 11 is 1.94. The highest BCUT2D eigenvalue weighted by Gasteiger charge is 2.04. The lowest BCUT2D eigenvalue weighted by atomic mass is 10.1. The molecule has 1 rings (SSSR count). The summed E-state index contributed by atoms with van der Waals surface area (Å²) in [7, 11) is 0. The van der Waals surface area contributed by atoms with E-state index in [4.69, 9.17) is 5.73 Å². The van der Waals surface area contributed by atoms with Crippen LogP contribution in [0.25, 0.3) is 0 Å². The van der Waals surface area contributed by atoms with Gasteiger partial charge in [0.25, 0.3) is 0 Å². The van der Waals surface area contributed by atoms with Crippen molar-refractivity contribution in [1.29, 1.82) is 0 Å². The molecule has 0 saturated carbocycles. The highest BCUT2D eigenvalue weighted by atomic mass is 32.2. The van der Waals surface area contributed by atoms with Crippen LogP contribution in [0.2, 0.25) is 0 Å². The summed E-state index contributed by atoms with van der Waals surface area (Å²) in [5.41, 5.74) is 8.61. The van der Waals surface area contributed by atoms with Crippen molar-refractivity contribution in [2.24, 2.45) is 5.73 Å². The Morgan fingerprint density at radius 1 is 1.29 bits per heavy atom. The van der Waals surface area contributed by atoms with Crippen molar-refractivity contribution in [3.05, 3.63) is 35.4 Å². The summed E-state index contributed by atoms with van der Waals surface area (Å²) in [6.07, 6.45) is 1.23. The van der Waals surface area contributed by atoms with E-state index in [1.807, 2.05) is 11.8 Å². The van der Waals surface area contributed by atoms with Crippen LogP contribution in [-0.4, -0.2) is 11.5 Å². The van der Waals surface area contributed by atoms with Crippen molar-refractivity contribution in [2.75, 3.05) is 11.5 Å². The number of thioether (sulfide) groups is 1. The molecule has 0 spiro atoms. The van der Waals surface area contributed by atoms with Gasteiger partial charge in [-0.15, -0.1) is 0 Å². The van der Waals surface area contributed by atoms with Crippen LogP contribution in [0.1, 0.15) is 30.5 Å². The van der Waals surface area contributed by atoms with Crippen molar-refractivity contribution >= 4 is 11.8 Å². The lowest BCUT2D eigenvalue weighted by Crippen LogP contribution is -2.13. The molecule has 1 nitrogen and oxygen atoms in total. The maximum Gasteiger partial charge on any atom is 0.0386 e. The van der Waals surface area contributed by atoms with Gasteiger partial charge in [-0.05, 0) is 24.7 Å². The van der Waals surface area contributed by atoms with E-state index in [9.17, 15) is 0 Å². The molecule has 1 atom stereocenters. The van der Waals surface area contributed by atoms with Crippen LogP contribution in [0, 0.1) is 6.92 Å². The zero-order chi connectivity index (χ0) is 10.4. The highest BCUT2D eigenvalue weighted by Crippen LogP contribution is 2.16. The minimum absolute atomic E-state index is 0.187. The zero-order valence-corrected chi connectivity index (χ0v) is 9.81. The van der Waals surface area contributed by atoms with Gasteiger partial charge in [0.1, 0.15) is 0 Å². The lowest BCUT2D eigenvalue weighted by molar-refractivity contribution is 0.830. The van der Waals surface area contributed by atoms with Crippen LogP contribution >= 0.6 is 11.8 Å². The fraction of sp³-hybridized carbons (Fsp3) is 0.500. The molecule has 0 aliphatic rings. The van der Waals surface area contributed by atoms with Crippen molar-refractivity contribution < 1.29 is 0 Å². The zero-order valence-electron chi connectivity index (χ0n) is 8.99. The van der Waals surface area contributed by atoms with Gasteiger partial charge >= 0.3 is 0 Å². The van der Waals surface area contributed by atoms with E-state index in [2.05, 4.69) is 38.1 Å². The molecule has 0 aliphatic heterocycles. The average molecular weight is 209 g/mol. The van der Waals surface area contributed by atoms with Crippen molar-refractivity contribution in [3.8, 4) is 0 Å². The summed E-state index contributed by atoms with van der Waals surface area (Å²) in [5.74, 6) is 2.23. The third-order valence-corrected chi connectivity index (χ3v) is 3.44. The number of rotatable bonds is 5. The molecular weight excluding hydrogens is 190 g/mol. The Labute approximate surface area is 91.1 Å². The van der Waals surface area contributed by atoms with Crippen LogP contribution < -0.4 is 5.73 Å². The second-order valence-corrected chi connectivity index (χ2v) is 4.74. The Bertz CT molecular complexity index is 256. The summed E-state index contributed by atoms with van der Waals surface area (Å²) in [6.45, 7) is 4.30. The van der Waals surface area contributed by atoms with Gasteiger partial charge < -0.3 is 5.73 Å². The van der Waals surface area contributed by atoms with Crippen molar-refractivity contribution in [3.63, 3.8) is 0 Å². The van der Waals surface area contributed by atoms with Gasteiger partial charge in [0.05, 0.1) is 0 Å². The molecule has 1 aromatic rings. The first kappa shape index (κ1) is 11.6. The fourth-order valence-corrected chi connectivity index (χ4v) is 2.17. The van der Waals surface area contributed by atoms with E-state index in [1.165, 1.54) is 23.3 Å². The van der Waals surface area contributed by atoms with Gasteiger partial charge in [-0.25, -0.2) is 0 Å². The van der Waals surface area contributed by atoms with Gasteiger partial charge in [-0.1, -0.05) is 36.8 Å². The van der Waals surface area contributed by atoms with Crippen LogP contribution in [-0.2, 0) is 0 Å². The van der Waals surface area contributed by atoms with Crippen LogP contribution in [0.15, 0.2) is 24.3 Å². The predicted octanol–water partition coefficient (Wildman–Crippen LogP) is 3.14. The molecule has 2 heteroatoms. The summed E-state index contributed by atoms with van der Waals surface area (Å²) in [4.78, 5) is 0. The smallest absolute Gasteiger partial charge is 0.0386 e. The standard InChI is InChI=1S/C12H19NS/c1-3-8-14-9-12(13)11-6-4-10(2)5-7-11/h4-7,12H,3,8-9,13H2,1-2H3. The van der Waals surface area contributed by atoms with Gasteiger partial charge in [-0.2, -0.15) is 11.8 Å². The Hall–Kier alpha value is -0.470. The maximum absolute atomic E-state index is 6.07. The van der Waals surface area contributed by atoms with Crippen LogP contribution in [0.4, 0.5) is 0 Å². The first-order valence-electron chi connectivity index (χ1n) is 5.14. The van der Waals surface area contributed by atoms with E-state index in [1.54, 1.807) is 0 Å². The lowest BCUT2D eigenvalue weighted by Gasteiger charge is -2.11. The van der Waals surface area contributed by atoms with E-state index in [0.29, 0.717) is 0 Å². The Kier molecular flexibility index (Phi) is 5.05. The molecule has 1 aromatic carbocycles. The SMILES string of the molecule is CCCSCC(N)c1ccc(C)cc1.